The molecule has 100 valence electrons. The Balaban J connectivity index is 2.90. The molecule has 0 saturated carbocycles. The molecule has 1 rings (SSSR count). The summed E-state index contributed by atoms with van der Waals surface area (Å²) in [4.78, 5) is 12.2. The lowest BCUT2D eigenvalue weighted by molar-refractivity contribution is 0.0903. The van der Waals surface area contributed by atoms with E-state index < -0.39 is 0 Å². The van der Waals surface area contributed by atoms with Gasteiger partial charge in [-0.15, -0.1) is 0 Å². The number of halogens is 3. The van der Waals surface area contributed by atoms with Gasteiger partial charge in [0.05, 0.1) is 5.02 Å². The monoisotopic (exact) mass is 395 g/mol. The van der Waals surface area contributed by atoms with E-state index in [-0.39, 0.29) is 11.4 Å². The van der Waals surface area contributed by atoms with Crippen LogP contribution in [0.25, 0.3) is 0 Å². The molecule has 0 aliphatic heterocycles. The third kappa shape index (κ3) is 3.72. The van der Waals surface area contributed by atoms with E-state index in [1.54, 1.807) is 18.2 Å². The molecule has 0 saturated heterocycles. The smallest absolute Gasteiger partial charge is 0.251 e. The Morgan fingerprint density at radius 1 is 1.39 bits per heavy atom. The highest BCUT2D eigenvalue weighted by Crippen LogP contribution is 2.24. The highest BCUT2D eigenvalue weighted by molar-refractivity contribution is 9.10. The summed E-state index contributed by atoms with van der Waals surface area (Å²) in [5, 5.41) is 4.44. The van der Waals surface area contributed by atoms with Gasteiger partial charge in [-0.3, -0.25) is 4.79 Å². The average Bonchev–Trinajstić information content (AvgIpc) is 2.39. The second kappa shape index (κ2) is 6.92. The van der Waals surface area contributed by atoms with E-state index in [0.29, 0.717) is 10.6 Å². The number of nitrogens with one attached hydrogen (secondary N) is 1. The zero-order chi connectivity index (χ0) is 13.8. The summed E-state index contributed by atoms with van der Waals surface area (Å²) in [6, 6.07) is 5.18. The fourth-order valence-corrected chi connectivity index (χ4v) is 3.03. The summed E-state index contributed by atoms with van der Waals surface area (Å²) in [6.45, 7) is 4.14. The molecule has 0 aliphatic rings. The van der Waals surface area contributed by atoms with Gasteiger partial charge in [-0.1, -0.05) is 41.4 Å². The standard InChI is InChI=1S/C13H16Br2ClNO/c1-3-13(4-2,8-14)17-12(18)9-5-6-11(16)10(15)7-9/h5-7H,3-4,8H2,1-2H3,(H,17,18). The number of rotatable bonds is 5. The van der Waals surface area contributed by atoms with E-state index >= 15 is 0 Å². The normalized spacial score (nSPS) is 11.4. The number of amides is 1. The predicted molar refractivity (Wildman–Crippen MR) is 83.7 cm³/mol. The second-order valence-corrected chi connectivity index (χ2v) is 6.03. The molecule has 0 radical (unpaired) electrons. The number of carbonyl (C=O) groups is 1. The molecular formula is C13H16Br2ClNO. The van der Waals surface area contributed by atoms with Crippen LogP contribution >= 0.6 is 43.5 Å². The van der Waals surface area contributed by atoms with Gasteiger partial charge in [0, 0.05) is 20.9 Å². The quantitative estimate of drug-likeness (QED) is 0.712. The third-order valence-corrected chi connectivity index (χ3v) is 5.46. The second-order valence-electron chi connectivity index (χ2n) is 4.20. The van der Waals surface area contributed by atoms with Gasteiger partial charge in [0.2, 0.25) is 0 Å². The van der Waals surface area contributed by atoms with Crippen LogP contribution in [0.5, 0.6) is 0 Å². The summed E-state index contributed by atoms with van der Waals surface area (Å²) < 4.78 is 0.731. The fourth-order valence-electron chi connectivity index (χ4n) is 1.60. The van der Waals surface area contributed by atoms with Crippen molar-refractivity contribution in [3.63, 3.8) is 0 Å². The molecule has 0 unspecified atom stereocenters. The Morgan fingerprint density at radius 2 is 2.00 bits per heavy atom. The molecule has 1 N–H and O–H groups in total. The SMILES string of the molecule is CCC(CC)(CBr)NC(=O)c1ccc(Cl)c(Br)c1. The molecule has 1 aromatic carbocycles. The van der Waals surface area contributed by atoms with Crippen LogP contribution in [-0.2, 0) is 0 Å². The van der Waals surface area contributed by atoms with Crippen LogP contribution in [0.4, 0.5) is 0 Å². The number of alkyl halides is 1. The van der Waals surface area contributed by atoms with Gasteiger partial charge < -0.3 is 5.32 Å². The Labute approximate surface area is 130 Å². The third-order valence-electron chi connectivity index (χ3n) is 3.17. The highest BCUT2D eigenvalue weighted by Gasteiger charge is 2.27. The topological polar surface area (TPSA) is 29.1 Å². The Kier molecular flexibility index (Phi) is 6.15. The van der Waals surface area contributed by atoms with Gasteiger partial charge in [0.15, 0.2) is 0 Å². The maximum Gasteiger partial charge on any atom is 0.251 e. The van der Waals surface area contributed by atoms with Crippen molar-refractivity contribution in [3.8, 4) is 0 Å². The first kappa shape index (κ1) is 16.0. The van der Waals surface area contributed by atoms with E-state index in [2.05, 4.69) is 51.0 Å². The van der Waals surface area contributed by atoms with Gasteiger partial charge >= 0.3 is 0 Å². The van der Waals surface area contributed by atoms with Crippen molar-refractivity contribution in [2.45, 2.75) is 32.2 Å². The van der Waals surface area contributed by atoms with E-state index in [1.807, 2.05) is 0 Å². The van der Waals surface area contributed by atoms with Gasteiger partial charge in [-0.05, 0) is 47.0 Å². The van der Waals surface area contributed by atoms with Crippen molar-refractivity contribution >= 4 is 49.4 Å². The number of carbonyl (C=O) groups excluding carboxylic acids is 1. The maximum atomic E-state index is 12.2. The van der Waals surface area contributed by atoms with Crippen molar-refractivity contribution < 1.29 is 4.79 Å². The lowest BCUT2D eigenvalue weighted by Crippen LogP contribution is -2.49. The zero-order valence-electron chi connectivity index (χ0n) is 10.4. The Bertz CT molecular complexity index is 425. The van der Waals surface area contributed by atoms with Crippen LogP contribution in [0.15, 0.2) is 22.7 Å². The van der Waals surface area contributed by atoms with Crippen molar-refractivity contribution in [2.75, 3.05) is 5.33 Å². The first-order valence-electron chi connectivity index (χ1n) is 5.81. The summed E-state index contributed by atoms with van der Waals surface area (Å²) in [5.41, 5.74) is 0.418. The summed E-state index contributed by atoms with van der Waals surface area (Å²) in [6.07, 6.45) is 1.77. The number of hydrogen-bond acceptors (Lipinski definition) is 1. The largest absolute Gasteiger partial charge is 0.346 e. The van der Waals surface area contributed by atoms with Crippen molar-refractivity contribution in [2.24, 2.45) is 0 Å². The number of hydrogen-bond donors (Lipinski definition) is 1. The van der Waals surface area contributed by atoms with Crippen molar-refractivity contribution in [1.82, 2.24) is 5.32 Å². The minimum absolute atomic E-state index is 0.0736. The first-order valence-corrected chi connectivity index (χ1v) is 8.10. The Hall–Kier alpha value is -0.0600. The Morgan fingerprint density at radius 3 is 2.44 bits per heavy atom. The van der Waals surface area contributed by atoms with E-state index in [1.165, 1.54) is 0 Å². The molecule has 18 heavy (non-hydrogen) atoms. The van der Waals surface area contributed by atoms with Gasteiger partial charge in [-0.25, -0.2) is 0 Å². The van der Waals surface area contributed by atoms with E-state index in [0.717, 1.165) is 22.6 Å². The van der Waals surface area contributed by atoms with Gasteiger partial charge in [0.1, 0.15) is 0 Å². The first-order chi connectivity index (χ1) is 8.48. The van der Waals surface area contributed by atoms with Crippen molar-refractivity contribution in [3.05, 3.63) is 33.3 Å². The minimum Gasteiger partial charge on any atom is -0.346 e. The predicted octanol–water partition coefficient (Wildman–Crippen LogP) is 4.79. The van der Waals surface area contributed by atoms with Crippen LogP contribution in [0.2, 0.25) is 5.02 Å². The molecule has 0 bridgehead atoms. The zero-order valence-corrected chi connectivity index (χ0v) is 14.3. The van der Waals surface area contributed by atoms with E-state index in [9.17, 15) is 4.79 Å². The average molecular weight is 398 g/mol. The molecule has 1 amide bonds. The molecule has 0 heterocycles. The molecule has 0 aliphatic carbocycles. The lowest BCUT2D eigenvalue weighted by atomic mass is 9.95. The lowest BCUT2D eigenvalue weighted by Gasteiger charge is -2.31. The summed E-state index contributed by atoms with van der Waals surface area (Å²) in [5.74, 6) is -0.0736. The molecule has 0 atom stereocenters. The van der Waals surface area contributed by atoms with Gasteiger partial charge in [-0.2, -0.15) is 0 Å². The molecule has 0 aromatic heterocycles. The van der Waals surface area contributed by atoms with E-state index in [4.69, 9.17) is 11.6 Å². The molecule has 1 aromatic rings. The molecule has 5 heteroatoms. The van der Waals surface area contributed by atoms with Gasteiger partial charge in [0.25, 0.3) is 5.91 Å². The molecule has 0 fully saturated rings. The minimum atomic E-state index is -0.191. The summed E-state index contributed by atoms with van der Waals surface area (Å²) in [7, 11) is 0. The van der Waals surface area contributed by atoms with Crippen LogP contribution in [-0.4, -0.2) is 16.8 Å². The highest BCUT2D eigenvalue weighted by atomic mass is 79.9. The maximum absolute atomic E-state index is 12.2. The van der Waals surface area contributed by atoms with Crippen molar-refractivity contribution in [1.29, 1.82) is 0 Å². The summed E-state index contributed by atoms with van der Waals surface area (Å²) >= 11 is 12.7. The number of benzene rings is 1. The molecular weight excluding hydrogens is 381 g/mol. The fraction of sp³-hybridized carbons (Fsp3) is 0.462. The van der Waals surface area contributed by atoms with Crippen LogP contribution in [0.1, 0.15) is 37.0 Å². The van der Waals surface area contributed by atoms with Crippen LogP contribution in [0, 0.1) is 0 Å². The molecule has 0 spiro atoms. The molecule has 2 nitrogen and oxygen atoms in total. The van der Waals surface area contributed by atoms with Crippen LogP contribution in [0.3, 0.4) is 0 Å². The van der Waals surface area contributed by atoms with Crippen LogP contribution < -0.4 is 5.32 Å².